The summed E-state index contributed by atoms with van der Waals surface area (Å²) in [5.41, 5.74) is 0.416. The molecule has 16 heavy (non-hydrogen) atoms. The van der Waals surface area contributed by atoms with Crippen LogP contribution < -0.4 is 5.32 Å². The van der Waals surface area contributed by atoms with Crippen molar-refractivity contribution < 1.29 is 4.42 Å². The van der Waals surface area contributed by atoms with Gasteiger partial charge in [0.2, 0.25) is 0 Å². The van der Waals surface area contributed by atoms with Crippen LogP contribution in [0.2, 0.25) is 0 Å². The van der Waals surface area contributed by atoms with E-state index in [0.717, 1.165) is 5.76 Å². The highest BCUT2D eigenvalue weighted by Gasteiger charge is 2.33. The van der Waals surface area contributed by atoms with Crippen molar-refractivity contribution in [2.45, 2.75) is 58.5 Å². The van der Waals surface area contributed by atoms with Gasteiger partial charge >= 0.3 is 0 Å². The molecular weight excluding hydrogens is 198 g/mol. The molecule has 2 heteroatoms. The molecule has 0 spiro atoms. The van der Waals surface area contributed by atoms with Crippen molar-refractivity contribution in [1.29, 1.82) is 0 Å². The average molecular weight is 221 g/mol. The third-order valence-corrected chi connectivity index (χ3v) is 3.93. The summed E-state index contributed by atoms with van der Waals surface area (Å²) in [4.78, 5) is 0. The number of furan rings is 1. The van der Waals surface area contributed by atoms with E-state index in [4.69, 9.17) is 4.42 Å². The molecule has 1 aromatic heterocycles. The predicted molar refractivity (Wildman–Crippen MR) is 66.3 cm³/mol. The lowest BCUT2D eigenvalue weighted by atomic mass is 9.73. The Kier molecular flexibility index (Phi) is 3.38. The van der Waals surface area contributed by atoms with E-state index in [-0.39, 0.29) is 0 Å². The van der Waals surface area contributed by atoms with Crippen LogP contribution in [0.1, 0.15) is 58.3 Å². The molecule has 2 nitrogen and oxygen atoms in total. The normalized spacial score (nSPS) is 26.6. The summed E-state index contributed by atoms with van der Waals surface area (Å²) in [6.45, 7) is 6.93. The molecule has 1 unspecified atom stereocenters. The lowest BCUT2D eigenvalue weighted by Crippen LogP contribution is -2.45. The van der Waals surface area contributed by atoms with Crippen LogP contribution in [0.4, 0.5) is 0 Å². The lowest BCUT2D eigenvalue weighted by molar-refractivity contribution is 0.153. The standard InChI is InChI=1S/C14H23NO/c1-11(12-7-6-10-16-12)15-13-8-4-5-9-14(13,2)3/h6-7,10-11,13,15H,4-5,8-9H2,1-3H3/t11-,13?/m1/s1. The zero-order chi connectivity index (χ0) is 11.6. The number of hydrogen-bond donors (Lipinski definition) is 1. The summed E-state index contributed by atoms with van der Waals surface area (Å²) >= 11 is 0. The van der Waals surface area contributed by atoms with Crippen molar-refractivity contribution in [3.63, 3.8) is 0 Å². The zero-order valence-electron chi connectivity index (χ0n) is 10.6. The first-order valence-electron chi connectivity index (χ1n) is 6.39. The Hall–Kier alpha value is -0.760. The number of rotatable bonds is 3. The van der Waals surface area contributed by atoms with Gasteiger partial charge in [0.15, 0.2) is 0 Å². The van der Waals surface area contributed by atoms with Crippen LogP contribution in [0.5, 0.6) is 0 Å². The van der Waals surface area contributed by atoms with Crippen molar-refractivity contribution in [2.24, 2.45) is 5.41 Å². The van der Waals surface area contributed by atoms with Crippen molar-refractivity contribution in [3.05, 3.63) is 24.2 Å². The molecule has 0 amide bonds. The Morgan fingerprint density at radius 1 is 1.44 bits per heavy atom. The van der Waals surface area contributed by atoms with E-state index < -0.39 is 0 Å². The van der Waals surface area contributed by atoms with Crippen molar-refractivity contribution >= 4 is 0 Å². The first kappa shape index (κ1) is 11.7. The van der Waals surface area contributed by atoms with Gasteiger partial charge in [-0.1, -0.05) is 26.7 Å². The molecule has 1 saturated carbocycles. The minimum Gasteiger partial charge on any atom is -0.468 e. The molecule has 2 atom stereocenters. The van der Waals surface area contributed by atoms with Gasteiger partial charge in [-0.2, -0.15) is 0 Å². The minimum atomic E-state index is 0.317. The summed E-state index contributed by atoms with van der Waals surface area (Å²) in [7, 11) is 0. The molecule has 0 radical (unpaired) electrons. The summed E-state index contributed by atoms with van der Waals surface area (Å²) in [6, 6.07) is 4.94. The molecule has 90 valence electrons. The zero-order valence-corrected chi connectivity index (χ0v) is 10.6. The second-order valence-corrected chi connectivity index (χ2v) is 5.69. The van der Waals surface area contributed by atoms with Gasteiger partial charge in [-0.3, -0.25) is 0 Å². The molecule has 1 aromatic rings. The van der Waals surface area contributed by atoms with Crippen LogP contribution in [0, 0.1) is 5.41 Å². The molecule has 0 bridgehead atoms. The molecule has 2 rings (SSSR count). The van der Waals surface area contributed by atoms with Gasteiger partial charge in [0.05, 0.1) is 12.3 Å². The smallest absolute Gasteiger partial charge is 0.120 e. The maximum Gasteiger partial charge on any atom is 0.120 e. The van der Waals surface area contributed by atoms with Gasteiger partial charge < -0.3 is 9.73 Å². The maximum absolute atomic E-state index is 5.44. The van der Waals surface area contributed by atoms with Gasteiger partial charge in [-0.25, -0.2) is 0 Å². The maximum atomic E-state index is 5.44. The highest BCUT2D eigenvalue weighted by atomic mass is 16.3. The molecule has 1 aliphatic carbocycles. The highest BCUT2D eigenvalue weighted by molar-refractivity contribution is 5.04. The van der Waals surface area contributed by atoms with E-state index in [1.165, 1.54) is 25.7 Å². The first-order valence-corrected chi connectivity index (χ1v) is 6.39. The fourth-order valence-corrected chi connectivity index (χ4v) is 2.72. The molecular formula is C14H23NO. The minimum absolute atomic E-state index is 0.317. The van der Waals surface area contributed by atoms with E-state index in [1.807, 2.05) is 12.1 Å². The predicted octanol–water partition coefficient (Wildman–Crippen LogP) is 3.90. The Bertz CT molecular complexity index is 315. The molecule has 1 fully saturated rings. The summed E-state index contributed by atoms with van der Waals surface area (Å²) < 4.78 is 5.44. The Morgan fingerprint density at radius 3 is 2.88 bits per heavy atom. The molecule has 1 aliphatic rings. The number of hydrogen-bond acceptors (Lipinski definition) is 2. The van der Waals surface area contributed by atoms with Crippen LogP contribution in [-0.4, -0.2) is 6.04 Å². The molecule has 0 aliphatic heterocycles. The molecule has 1 heterocycles. The van der Waals surface area contributed by atoms with Gasteiger partial charge in [-0.05, 0) is 37.3 Å². The Morgan fingerprint density at radius 2 is 2.25 bits per heavy atom. The average Bonchev–Trinajstić information content (AvgIpc) is 2.74. The van der Waals surface area contributed by atoms with E-state index >= 15 is 0 Å². The lowest BCUT2D eigenvalue weighted by Gasteiger charge is -2.40. The van der Waals surface area contributed by atoms with Crippen LogP contribution in [0.15, 0.2) is 22.8 Å². The Labute approximate surface area is 98.4 Å². The second kappa shape index (κ2) is 4.62. The monoisotopic (exact) mass is 221 g/mol. The van der Waals surface area contributed by atoms with E-state index in [1.54, 1.807) is 6.26 Å². The molecule has 0 aromatic carbocycles. The Balaban J connectivity index is 1.98. The second-order valence-electron chi connectivity index (χ2n) is 5.69. The van der Waals surface area contributed by atoms with E-state index in [2.05, 4.69) is 26.1 Å². The SMILES string of the molecule is C[C@@H](NC1CCCCC1(C)C)c1ccco1. The number of nitrogens with one attached hydrogen (secondary N) is 1. The third kappa shape index (κ3) is 2.49. The highest BCUT2D eigenvalue weighted by Crippen LogP contribution is 2.36. The fraction of sp³-hybridized carbons (Fsp3) is 0.714. The van der Waals surface area contributed by atoms with Crippen molar-refractivity contribution in [1.82, 2.24) is 5.32 Å². The largest absolute Gasteiger partial charge is 0.468 e. The van der Waals surface area contributed by atoms with Gasteiger partial charge in [0.25, 0.3) is 0 Å². The van der Waals surface area contributed by atoms with E-state index in [0.29, 0.717) is 17.5 Å². The van der Waals surface area contributed by atoms with Crippen molar-refractivity contribution in [2.75, 3.05) is 0 Å². The van der Waals surface area contributed by atoms with Gasteiger partial charge in [0, 0.05) is 6.04 Å². The van der Waals surface area contributed by atoms with Gasteiger partial charge in [0.1, 0.15) is 5.76 Å². The topological polar surface area (TPSA) is 25.2 Å². The quantitative estimate of drug-likeness (QED) is 0.837. The first-order chi connectivity index (χ1) is 7.59. The summed E-state index contributed by atoms with van der Waals surface area (Å²) in [5.74, 6) is 1.04. The summed E-state index contributed by atoms with van der Waals surface area (Å²) in [6.07, 6.45) is 7.10. The van der Waals surface area contributed by atoms with Crippen LogP contribution in [0.3, 0.4) is 0 Å². The molecule has 0 saturated heterocycles. The van der Waals surface area contributed by atoms with Crippen LogP contribution >= 0.6 is 0 Å². The van der Waals surface area contributed by atoms with Crippen LogP contribution in [0.25, 0.3) is 0 Å². The van der Waals surface area contributed by atoms with Gasteiger partial charge in [-0.15, -0.1) is 0 Å². The fourth-order valence-electron chi connectivity index (χ4n) is 2.72. The third-order valence-electron chi connectivity index (χ3n) is 3.93. The molecule has 1 N–H and O–H groups in total. The summed E-state index contributed by atoms with van der Waals surface area (Å²) in [5, 5.41) is 3.72. The van der Waals surface area contributed by atoms with Crippen molar-refractivity contribution in [3.8, 4) is 0 Å². The van der Waals surface area contributed by atoms with E-state index in [9.17, 15) is 0 Å². The van der Waals surface area contributed by atoms with Crippen LogP contribution in [-0.2, 0) is 0 Å².